The minimum atomic E-state index is 0. The van der Waals surface area contributed by atoms with E-state index >= 15 is 0 Å². The van der Waals surface area contributed by atoms with E-state index in [9.17, 15) is 0 Å². The van der Waals surface area contributed by atoms with Gasteiger partial charge in [0.2, 0.25) is 0 Å². The van der Waals surface area contributed by atoms with Gasteiger partial charge in [0, 0.05) is 0 Å². The van der Waals surface area contributed by atoms with Crippen LogP contribution in [0.25, 0.3) is 0 Å². The van der Waals surface area contributed by atoms with Crippen LogP contribution in [-0.2, 0) is 6.42 Å². The van der Waals surface area contributed by atoms with Crippen LogP contribution in [0.2, 0.25) is 0 Å². The highest BCUT2D eigenvalue weighted by Crippen LogP contribution is 2.42. The van der Waals surface area contributed by atoms with Crippen molar-refractivity contribution in [3.63, 3.8) is 0 Å². The molecule has 2 aliphatic rings. The average molecular weight is 329 g/mol. The van der Waals surface area contributed by atoms with E-state index in [4.69, 9.17) is 0 Å². The maximum atomic E-state index is 2.44. The Morgan fingerprint density at radius 2 is 1.29 bits per heavy atom. The Balaban J connectivity index is 0.00000208. The van der Waals surface area contributed by atoms with Gasteiger partial charge < -0.3 is 0 Å². The molecule has 0 heterocycles. The minimum absolute atomic E-state index is 0. The molecule has 2 aliphatic carbocycles. The number of hydrogen-bond donors (Lipinski definition) is 0. The average Bonchev–Trinajstić information content (AvgIpc) is 2.57. The van der Waals surface area contributed by atoms with Crippen molar-refractivity contribution >= 4 is 0 Å². The Kier molecular flexibility index (Phi) is 6.96. The summed E-state index contributed by atoms with van der Waals surface area (Å²) in [5.41, 5.74) is 6.12. The smallest absolute Gasteiger partial charge is 0.0248 e. The van der Waals surface area contributed by atoms with Gasteiger partial charge in [-0.15, -0.1) is 0 Å². The summed E-state index contributed by atoms with van der Waals surface area (Å²) in [6.45, 7) is 9.29. The summed E-state index contributed by atoms with van der Waals surface area (Å²) >= 11 is 0. The third-order valence-electron chi connectivity index (χ3n) is 7.30. The van der Waals surface area contributed by atoms with E-state index in [2.05, 4.69) is 39.8 Å². The molecule has 24 heavy (non-hydrogen) atoms. The van der Waals surface area contributed by atoms with Gasteiger partial charge in [0.05, 0.1) is 0 Å². The van der Waals surface area contributed by atoms with Gasteiger partial charge in [0.25, 0.3) is 0 Å². The number of aryl methyl sites for hydroxylation is 1. The molecule has 3 rings (SSSR count). The lowest BCUT2D eigenvalue weighted by Crippen LogP contribution is -2.26. The summed E-state index contributed by atoms with van der Waals surface area (Å²) in [5.74, 6) is 4.06. The molecule has 0 aromatic heterocycles. The molecule has 0 N–H and O–H groups in total. The fraction of sp³-hybridized carbons (Fsp3) is 0.750. The first-order chi connectivity index (χ1) is 11.0. The van der Waals surface area contributed by atoms with Crippen molar-refractivity contribution in [2.24, 2.45) is 23.7 Å². The zero-order chi connectivity index (χ0) is 16.4. The van der Waals surface area contributed by atoms with Crippen molar-refractivity contribution in [3.8, 4) is 0 Å². The van der Waals surface area contributed by atoms with Crippen LogP contribution in [0.4, 0.5) is 0 Å². The monoisotopic (exact) mass is 328 g/mol. The van der Waals surface area contributed by atoms with Crippen molar-refractivity contribution in [1.82, 2.24) is 0 Å². The van der Waals surface area contributed by atoms with Crippen LogP contribution in [0.1, 0.15) is 88.0 Å². The van der Waals surface area contributed by atoms with Crippen LogP contribution in [0.5, 0.6) is 0 Å². The molecule has 0 radical (unpaired) electrons. The van der Waals surface area contributed by atoms with E-state index in [1.54, 1.807) is 11.1 Å². The molecular formula is C24H40. The van der Waals surface area contributed by atoms with Crippen molar-refractivity contribution < 1.29 is 0 Å². The second kappa shape index (κ2) is 8.54. The van der Waals surface area contributed by atoms with Crippen LogP contribution >= 0.6 is 0 Å². The molecule has 0 heteroatoms. The van der Waals surface area contributed by atoms with Gasteiger partial charge in [-0.2, -0.15) is 0 Å². The van der Waals surface area contributed by atoms with Crippen LogP contribution < -0.4 is 0 Å². The Hall–Kier alpha value is -0.780. The molecule has 0 amide bonds. The van der Waals surface area contributed by atoms with Crippen molar-refractivity contribution in [2.45, 2.75) is 92.9 Å². The van der Waals surface area contributed by atoms with Crippen molar-refractivity contribution in [3.05, 3.63) is 34.4 Å². The van der Waals surface area contributed by atoms with Crippen LogP contribution in [0.15, 0.2) is 12.1 Å². The highest BCUT2D eigenvalue weighted by atomic mass is 14.4. The highest BCUT2D eigenvalue weighted by Gasteiger charge is 2.30. The Morgan fingerprint density at radius 1 is 0.750 bits per heavy atom. The number of benzene rings is 1. The lowest BCUT2D eigenvalue weighted by atomic mass is 9.68. The molecule has 0 bridgehead atoms. The molecular weight excluding hydrogens is 288 g/mol. The summed E-state index contributed by atoms with van der Waals surface area (Å²) in [5, 5.41) is 0. The second-order valence-electron chi connectivity index (χ2n) is 8.80. The van der Waals surface area contributed by atoms with E-state index in [0.717, 1.165) is 23.7 Å². The van der Waals surface area contributed by atoms with Crippen LogP contribution in [-0.4, -0.2) is 0 Å². The van der Waals surface area contributed by atoms with Gasteiger partial charge in [-0.1, -0.05) is 39.3 Å². The second-order valence-corrected chi connectivity index (χ2v) is 8.80. The summed E-state index contributed by atoms with van der Waals surface area (Å²) in [6, 6.07) is 4.72. The molecule has 2 saturated carbocycles. The standard InChI is InChI=1S/C23H36.CH4/c1-16-5-10-21(11-6-16)22-13-8-20(9-14-22)15-23-12-7-17(2)18(3)19(23)4;/h7,12,16,20-22H,5-6,8-11,13-15H2,1-4H3;1H4. The summed E-state index contributed by atoms with van der Waals surface area (Å²) in [4.78, 5) is 0. The maximum absolute atomic E-state index is 2.44. The molecule has 0 saturated heterocycles. The van der Waals surface area contributed by atoms with Crippen molar-refractivity contribution in [2.75, 3.05) is 0 Å². The fourth-order valence-corrected chi connectivity index (χ4v) is 5.17. The zero-order valence-corrected chi connectivity index (χ0v) is 15.8. The predicted octanol–water partition coefficient (Wildman–Crippen LogP) is 7.42. The molecule has 1 aromatic carbocycles. The summed E-state index contributed by atoms with van der Waals surface area (Å²) in [7, 11) is 0. The third kappa shape index (κ3) is 4.44. The first-order valence-electron chi connectivity index (χ1n) is 10.1. The van der Waals surface area contributed by atoms with E-state index < -0.39 is 0 Å². The first kappa shape index (κ1) is 19.5. The molecule has 0 aliphatic heterocycles. The van der Waals surface area contributed by atoms with E-state index in [1.165, 1.54) is 68.9 Å². The topological polar surface area (TPSA) is 0 Å². The van der Waals surface area contributed by atoms with Gasteiger partial charge >= 0.3 is 0 Å². The summed E-state index contributed by atoms with van der Waals surface area (Å²) in [6.07, 6.45) is 13.3. The van der Waals surface area contributed by atoms with Gasteiger partial charge in [-0.05, 0) is 112 Å². The SMILES string of the molecule is C.Cc1ccc(CC2CCC(C3CCC(C)CC3)CC2)c(C)c1C. The van der Waals surface area contributed by atoms with Gasteiger partial charge in [0.1, 0.15) is 0 Å². The highest BCUT2D eigenvalue weighted by molar-refractivity contribution is 5.38. The Bertz CT molecular complexity index is 511. The quantitative estimate of drug-likeness (QED) is 0.541. The maximum Gasteiger partial charge on any atom is -0.0248 e. The van der Waals surface area contributed by atoms with Gasteiger partial charge in [0.15, 0.2) is 0 Å². The Morgan fingerprint density at radius 3 is 1.88 bits per heavy atom. The fourth-order valence-electron chi connectivity index (χ4n) is 5.17. The van der Waals surface area contributed by atoms with Crippen molar-refractivity contribution in [1.29, 1.82) is 0 Å². The normalized spacial score (nSPS) is 30.7. The predicted molar refractivity (Wildman–Crippen MR) is 108 cm³/mol. The third-order valence-corrected chi connectivity index (χ3v) is 7.30. The molecule has 136 valence electrons. The van der Waals surface area contributed by atoms with Gasteiger partial charge in [-0.25, -0.2) is 0 Å². The summed E-state index contributed by atoms with van der Waals surface area (Å²) < 4.78 is 0. The molecule has 0 unspecified atom stereocenters. The molecule has 0 atom stereocenters. The van der Waals surface area contributed by atoms with Crippen LogP contribution in [0, 0.1) is 44.4 Å². The van der Waals surface area contributed by atoms with Crippen LogP contribution in [0.3, 0.4) is 0 Å². The molecule has 0 spiro atoms. The lowest BCUT2D eigenvalue weighted by molar-refractivity contribution is 0.150. The zero-order valence-electron chi connectivity index (χ0n) is 15.8. The van der Waals surface area contributed by atoms with E-state index in [0.29, 0.717) is 0 Å². The van der Waals surface area contributed by atoms with E-state index in [1.807, 2.05) is 0 Å². The van der Waals surface area contributed by atoms with Gasteiger partial charge in [-0.3, -0.25) is 0 Å². The number of rotatable bonds is 3. The largest absolute Gasteiger partial charge is 0.0776 e. The molecule has 1 aromatic rings. The minimum Gasteiger partial charge on any atom is -0.0776 e. The molecule has 0 nitrogen and oxygen atoms in total. The first-order valence-corrected chi connectivity index (χ1v) is 10.1. The van der Waals surface area contributed by atoms with E-state index in [-0.39, 0.29) is 7.43 Å². The Labute approximate surface area is 151 Å². The molecule has 2 fully saturated rings. The number of hydrogen-bond acceptors (Lipinski definition) is 0. The lowest BCUT2D eigenvalue weighted by Gasteiger charge is -2.37.